The molecule has 9 nitrogen and oxygen atoms in total. The van der Waals surface area contributed by atoms with Gasteiger partial charge in [-0.05, 0) is 36.4 Å². The highest BCUT2D eigenvalue weighted by atomic mass is 35.5. The largest absolute Gasteiger partial charge is 0.467 e. The molecule has 3 aromatic heterocycles. The van der Waals surface area contributed by atoms with E-state index in [4.69, 9.17) is 21.8 Å². The Morgan fingerprint density at radius 1 is 0.941 bits per heavy atom. The first-order valence-corrected chi connectivity index (χ1v) is 11.7. The average Bonchev–Trinajstić information content (AvgIpc) is 3.50. The van der Waals surface area contributed by atoms with Crippen LogP contribution in [0.5, 0.6) is 0 Å². The molecule has 0 unspecified atom stereocenters. The number of furan rings is 1. The van der Waals surface area contributed by atoms with Crippen molar-refractivity contribution in [2.24, 2.45) is 0 Å². The highest BCUT2D eigenvalue weighted by molar-refractivity contribution is 7.98. The summed E-state index contributed by atoms with van der Waals surface area (Å²) in [4.78, 5) is 12.9. The second kappa shape index (κ2) is 9.94. The van der Waals surface area contributed by atoms with E-state index in [1.165, 1.54) is 11.8 Å². The molecule has 0 fully saturated rings. The first-order chi connectivity index (χ1) is 16.6. The maximum Gasteiger partial charge on any atom is 0.232 e. The molecule has 0 amide bonds. The molecule has 170 valence electrons. The van der Waals surface area contributed by atoms with Gasteiger partial charge >= 0.3 is 0 Å². The number of nitrogen functional groups attached to an aromatic ring is 1. The van der Waals surface area contributed by atoms with E-state index in [9.17, 15) is 0 Å². The van der Waals surface area contributed by atoms with Gasteiger partial charge in [0.1, 0.15) is 11.6 Å². The molecule has 3 heterocycles. The molecule has 0 bridgehead atoms. The number of hydrogen-bond donors (Lipinski definition) is 2. The van der Waals surface area contributed by atoms with Crippen LogP contribution in [-0.4, -0.2) is 29.7 Å². The predicted octanol–water partition coefficient (Wildman–Crippen LogP) is 5.04. The molecular formula is C23H19ClN8OS. The average molecular weight is 491 g/mol. The minimum absolute atomic E-state index is 0.129. The van der Waals surface area contributed by atoms with E-state index >= 15 is 0 Å². The molecule has 0 saturated carbocycles. The van der Waals surface area contributed by atoms with E-state index in [0.717, 1.165) is 22.8 Å². The second-order valence-corrected chi connectivity index (χ2v) is 8.57. The summed E-state index contributed by atoms with van der Waals surface area (Å²) in [6, 6.07) is 20.9. The van der Waals surface area contributed by atoms with Crippen LogP contribution >= 0.6 is 23.4 Å². The van der Waals surface area contributed by atoms with Crippen LogP contribution in [0.1, 0.15) is 11.6 Å². The van der Waals surface area contributed by atoms with Crippen LogP contribution in [0.4, 0.5) is 17.6 Å². The maximum atomic E-state index is 5.95. The van der Waals surface area contributed by atoms with Gasteiger partial charge in [-0.2, -0.15) is 15.0 Å². The van der Waals surface area contributed by atoms with Gasteiger partial charge in [0.2, 0.25) is 11.9 Å². The highest BCUT2D eigenvalue weighted by Gasteiger charge is 2.17. The smallest absolute Gasteiger partial charge is 0.232 e. The zero-order valence-corrected chi connectivity index (χ0v) is 19.4. The summed E-state index contributed by atoms with van der Waals surface area (Å²) in [5.41, 5.74) is 7.68. The molecule has 2 aromatic carbocycles. The van der Waals surface area contributed by atoms with Crippen molar-refractivity contribution in [3.63, 3.8) is 0 Å². The summed E-state index contributed by atoms with van der Waals surface area (Å²) in [5, 5.41) is 13.3. The third-order valence-electron chi connectivity index (χ3n) is 4.77. The topological polar surface area (TPSA) is 121 Å². The maximum absolute atomic E-state index is 5.95. The summed E-state index contributed by atoms with van der Waals surface area (Å²) in [6.45, 7) is 0.495. The van der Waals surface area contributed by atoms with Crippen molar-refractivity contribution < 1.29 is 4.42 Å². The lowest BCUT2D eigenvalue weighted by Crippen LogP contribution is -2.07. The molecule has 0 aliphatic rings. The minimum Gasteiger partial charge on any atom is -0.467 e. The first-order valence-electron chi connectivity index (χ1n) is 10.3. The van der Waals surface area contributed by atoms with Gasteiger partial charge in [0.05, 0.1) is 18.6 Å². The van der Waals surface area contributed by atoms with Crippen molar-refractivity contribution in [2.45, 2.75) is 17.5 Å². The van der Waals surface area contributed by atoms with E-state index in [2.05, 4.69) is 30.5 Å². The predicted molar refractivity (Wildman–Crippen MR) is 132 cm³/mol. The first kappa shape index (κ1) is 21.9. The Balaban J connectivity index is 1.38. The number of anilines is 3. The molecule has 0 saturated heterocycles. The Morgan fingerprint density at radius 3 is 2.53 bits per heavy atom. The van der Waals surface area contributed by atoms with Gasteiger partial charge in [-0.15, -0.1) is 10.2 Å². The number of benzene rings is 2. The van der Waals surface area contributed by atoms with Crippen LogP contribution < -0.4 is 11.1 Å². The monoisotopic (exact) mass is 490 g/mol. The van der Waals surface area contributed by atoms with Crippen molar-refractivity contribution in [3.05, 3.63) is 89.6 Å². The third-order valence-corrected chi connectivity index (χ3v) is 5.99. The van der Waals surface area contributed by atoms with Crippen molar-refractivity contribution >= 4 is 40.9 Å². The number of nitrogens with one attached hydrogen (secondary N) is 1. The van der Waals surface area contributed by atoms with Gasteiger partial charge in [0.25, 0.3) is 0 Å². The Morgan fingerprint density at radius 2 is 1.76 bits per heavy atom. The highest BCUT2D eigenvalue weighted by Crippen LogP contribution is 2.27. The summed E-state index contributed by atoms with van der Waals surface area (Å²) < 4.78 is 7.57. The number of nitrogens with two attached hydrogens (primary N) is 1. The van der Waals surface area contributed by atoms with Gasteiger partial charge in [-0.3, -0.25) is 4.57 Å². The fourth-order valence-electron chi connectivity index (χ4n) is 3.25. The summed E-state index contributed by atoms with van der Waals surface area (Å²) in [6.07, 6.45) is 1.65. The van der Waals surface area contributed by atoms with Gasteiger partial charge in [0, 0.05) is 16.3 Å². The van der Waals surface area contributed by atoms with Crippen molar-refractivity contribution in [1.29, 1.82) is 0 Å². The minimum atomic E-state index is 0.129. The molecule has 0 radical (unpaired) electrons. The van der Waals surface area contributed by atoms with E-state index in [-0.39, 0.29) is 5.95 Å². The van der Waals surface area contributed by atoms with E-state index in [1.54, 1.807) is 18.4 Å². The Kier molecular flexibility index (Phi) is 6.41. The zero-order chi connectivity index (χ0) is 23.3. The third kappa shape index (κ3) is 5.19. The Labute approximate surface area is 204 Å². The SMILES string of the molecule is Nc1nc(CSc2nnc(-c3ccccc3)n2Cc2ccco2)nc(Nc2ccc(Cl)cc2)n1. The van der Waals surface area contributed by atoms with E-state index < -0.39 is 0 Å². The van der Waals surface area contributed by atoms with Crippen LogP contribution in [0.2, 0.25) is 5.02 Å². The number of aromatic nitrogens is 6. The lowest BCUT2D eigenvalue weighted by molar-refractivity contribution is 0.485. The van der Waals surface area contributed by atoms with Crippen molar-refractivity contribution in [1.82, 2.24) is 29.7 Å². The molecule has 0 aliphatic heterocycles. The Bertz CT molecular complexity index is 1370. The van der Waals surface area contributed by atoms with Gasteiger partial charge in [-0.1, -0.05) is 53.7 Å². The molecule has 3 N–H and O–H groups in total. The molecule has 11 heteroatoms. The molecule has 0 spiro atoms. The fourth-order valence-corrected chi connectivity index (χ4v) is 4.17. The molecule has 0 atom stereocenters. The number of nitrogens with zero attached hydrogens (tertiary/aromatic N) is 6. The fraction of sp³-hybridized carbons (Fsp3) is 0.0870. The number of halogens is 1. The lowest BCUT2D eigenvalue weighted by Gasteiger charge is -2.09. The standard InChI is InChI=1S/C23H19ClN8OS/c24-16-8-10-17(11-9-16)26-22-28-19(27-21(25)29-22)14-34-23-31-30-20(15-5-2-1-3-6-15)32(23)13-18-7-4-12-33-18/h1-12H,13-14H2,(H3,25,26,27,28,29). The lowest BCUT2D eigenvalue weighted by atomic mass is 10.2. The van der Waals surface area contributed by atoms with Gasteiger partial charge < -0.3 is 15.5 Å². The molecule has 5 rings (SSSR count). The summed E-state index contributed by atoms with van der Waals surface area (Å²) in [7, 11) is 0. The summed E-state index contributed by atoms with van der Waals surface area (Å²) in [5.74, 6) is 2.98. The molecule has 0 aliphatic carbocycles. The summed E-state index contributed by atoms with van der Waals surface area (Å²) >= 11 is 7.41. The van der Waals surface area contributed by atoms with E-state index in [1.807, 2.05) is 59.2 Å². The van der Waals surface area contributed by atoms with Crippen LogP contribution in [0.3, 0.4) is 0 Å². The second-order valence-electron chi connectivity index (χ2n) is 7.19. The Hall–Kier alpha value is -3.89. The van der Waals surface area contributed by atoms with Crippen LogP contribution in [0.25, 0.3) is 11.4 Å². The van der Waals surface area contributed by atoms with Crippen molar-refractivity contribution in [3.8, 4) is 11.4 Å². The van der Waals surface area contributed by atoms with Crippen molar-refractivity contribution in [2.75, 3.05) is 11.1 Å². The zero-order valence-electron chi connectivity index (χ0n) is 17.8. The van der Waals surface area contributed by atoms with Crippen LogP contribution in [0, 0.1) is 0 Å². The van der Waals surface area contributed by atoms with E-state index in [0.29, 0.717) is 34.2 Å². The quantitative estimate of drug-likeness (QED) is 0.288. The van der Waals surface area contributed by atoms with Gasteiger partial charge in [0.15, 0.2) is 11.0 Å². The molecule has 34 heavy (non-hydrogen) atoms. The number of hydrogen-bond acceptors (Lipinski definition) is 9. The normalized spacial score (nSPS) is 11.0. The number of rotatable bonds is 8. The van der Waals surface area contributed by atoms with Crippen LogP contribution in [-0.2, 0) is 12.3 Å². The van der Waals surface area contributed by atoms with Gasteiger partial charge in [-0.25, -0.2) is 0 Å². The molecular weight excluding hydrogens is 472 g/mol. The van der Waals surface area contributed by atoms with Crippen LogP contribution in [0.15, 0.2) is 82.6 Å². The number of thioether (sulfide) groups is 1. The molecule has 5 aromatic rings.